The fraction of sp³-hybridized carbons (Fsp3) is 0.500. The van der Waals surface area contributed by atoms with Crippen molar-refractivity contribution in [1.29, 1.82) is 0 Å². The van der Waals surface area contributed by atoms with Crippen molar-refractivity contribution in [3.05, 3.63) is 33.9 Å². The number of carboxylic acids is 1. The lowest BCUT2D eigenvalue weighted by Gasteiger charge is -2.38. The largest absolute Gasteiger partial charge is 0.477 e. The van der Waals surface area contributed by atoms with Gasteiger partial charge in [0, 0.05) is 37.9 Å². The quantitative estimate of drug-likeness (QED) is 0.898. The fourth-order valence-corrected chi connectivity index (χ4v) is 3.48. The molecule has 138 valence electrons. The average Bonchev–Trinajstić information content (AvgIpc) is 3.42. The summed E-state index contributed by atoms with van der Waals surface area (Å²) in [7, 11) is 2.03. The number of anilines is 1. The topological polar surface area (TPSA) is 78.7 Å². The van der Waals surface area contributed by atoms with Crippen molar-refractivity contribution >= 4 is 22.8 Å². The second kappa shape index (κ2) is 6.05. The number of aromatic nitrogens is 2. The van der Waals surface area contributed by atoms with Gasteiger partial charge in [-0.15, -0.1) is 0 Å². The Morgan fingerprint density at radius 3 is 2.69 bits per heavy atom. The second-order valence-corrected chi connectivity index (χ2v) is 7.26. The van der Waals surface area contributed by atoms with Crippen molar-refractivity contribution in [2.45, 2.75) is 31.8 Å². The number of carboxylic acid groups (broad SMARTS) is 1. The van der Waals surface area contributed by atoms with E-state index in [1.807, 2.05) is 11.9 Å². The molecule has 0 radical (unpaired) electrons. The van der Waals surface area contributed by atoms with Crippen LogP contribution in [-0.2, 0) is 0 Å². The summed E-state index contributed by atoms with van der Waals surface area (Å²) in [5.74, 6) is -1.66. The lowest BCUT2D eigenvalue weighted by atomic mass is 10.1. The molecule has 4 rings (SSSR count). The summed E-state index contributed by atoms with van der Waals surface area (Å²) in [6.45, 7) is 4.17. The minimum absolute atomic E-state index is 0.0280. The first-order chi connectivity index (χ1) is 12.4. The summed E-state index contributed by atoms with van der Waals surface area (Å²) in [6.07, 6.45) is 3.15. The average molecular weight is 360 g/mol. The maximum atomic E-state index is 14.8. The molecule has 7 nitrogen and oxygen atoms in total. The lowest BCUT2D eigenvalue weighted by molar-refractivity contribution is 0.0695. The number of hydrogen-bond acceptors (Lipinski definition) is 5. The Labute approximate surface area is 149 Å². The van der Waals surface area contributed by atoms with Crippen LogP contribution in [0.4, 0.5) is 10.2 Å². The highest BCUT2D eigenvalue weighted by Crippen LogP contribution is 2.37. The molecule has 0 bridgehead atoms. The van der Waals surface area contributed by atoms with Crippen LogP contribution in [0.1, 0.15) is 36.2 Å². The first-order valence-corrected chi connectivity index (χ1v) is 8.80. The number of piperazine rings is 1. The van der Waals surface area contributed by atoms with E-state index in [1.54, 1.807) is 4.57 Å². The van der Waals surface area contributed by atoms with Crippen LogP contribution in [0.25, 0.3) is 11.0 Å². The number of pyridine rings is 2. The van der Waals surface area contributed by atoms with E-state index in [-0.39, 0.29) is 28.9 Å². The van der Waals surface area contributed by atoms with Gasteiger partial charge in [-0.2, -0.15) is 0 Å². The first-order valence-electron chi connectivity index (χ1n) is 8.80. The lowest BCUT2D eigenvalue weighted by Crippen LogP contribution is -2.50. The van der Waals surface area contributed by atoms with Gasteiger partial charge in [0.25, 0.3) is 0 Å². The molecule has 1 atom stereocenters. The number of rotatable bonds is 3. The Bertz CT molecular complexity index is 954. The van der Waals surface area contributed by atoms with Gasteiger partial charge in [0.1, 0.15) is 11.2 Å². The molecule has 26 heavy (non-hydrogen) atoms. The second-order valence-electron chi connectivity index (χ2n) is 7.26. The Balaban J connectivity index is 1.88. The first kappa shape index (κ1) is 17.0. The molecule has 0 aromatic carbocycles. The van der Waals surface area contributed by atoms with Crippen LogP contribution in [0.2, 0.25) is 0 Å². The van der Waals surface area contributed by atoms with Crippen molar-refractivity contribution < 1.29 is 14.3 Å². The van der Waals surface area contributed by atoms with Crippen molar-refractivity contribution in [2.75, 3.05) is 31.6 Å². The highest BCUT2D eigenvalue weighted by atomic mass is 19.1. The van der Waals surface area contributed by atoms with E-state index < -0.39 is 17.2 Å². The Morgan fingerprint density at radius 1 is 1.35 bits per heavy atom. The third-order valence-electron chi connectivity index (χ3n) is 5.37. The molecule has 2 aromatic rings. The van der Waals surface area contributed by atoms with Crippen LogP contribution in [0.5, 0.6) is 0 Å². The van der Waals surface area contributed by atoms with Gasteiger partial charge in [-0.25, -0.2) is 14.2 Å². The van der Waals surface area contributed by atoms with Crippen LogP contribution in [-0.4, -0.2) is 58.3 Å². The van der Waals surface area contributed by atoms with Gasteiger partial charge in [0.2, 0.25) is 5.43 Å². The molecule has 1 N–H and O–H groups in total. The van der Waals surface area contributed by atoms with Crippen LogP contribution in [0.3, 0.4) is 0 Å². The summed E-state index contributed by atoms with van der Waals surface area (Å²) >= 11 is 0. The summed E-state index contributed by atoms with van der Waals surface area (Å²) in [4.78, 5) is 32.4. The third kappa shape index (κ3) is 2.74. The number of hydrogen-bond donors (Lipinski definition) is 1. The van der Waals surface area contributed by atoms with Crippen molar-refractivity contribution in [3.63, 3.8) is 0 Å². The summed E-state index contributed by atoms with van der Waals surface area (Å²) in [5, 5.41) is 9.32. The maximum absolute atomic E-state index is 14.8. The van der Waals surface area contributed by atoms with E-state index in [1.165, 1.54) is 6.20 Å². The zero-order valence-electron chi connectivity index (χ0n) is 14.8. The number of carbonyl (C=O) groups is 1. The third-order valence-corrected chi connectivity index (χ3v) is 5.37. The number of fused-ring (bicyclic) bond motifs is 1. The molecule has 2 aliphatic rings. The van der Waals surface area contributed by atoms with E-state index in [9.17, 15) is 19.1 Å². The maximum Gasteiger partial charge on any atom is 0.341 e. The summed E-state index contributed by atoms with van der Waals surface area (Å²) in [6, 6.07) is 1.53. The number of nitrogens with zero attached hydrogens (tertiary/aromatic N) is 4. The van der Waals surface area contributed by atoms with Gasteiger partial charge in [-0.05, 0) is 32.9 Å². The summed E-state index contributed by atoms with van der Waals surface area (Å²) in [5.41, 5.74) is -0.661. The molecule has 1 aliphatic carbocycles. The van der Waals surface area contributed by atoms with Crippen LogP contribution < -0.4 is 10.3 Å². The minimum Gasteiger partial charge on any atom is -0.477 e. The van der Waals surface area contributed by atoms with Crippen LogP contribution in [0.15, 0.2) is 17.1 Å². The number of halogens is 1. The fourth-order valence-electron chi connectivity index (χ4n) is 3.48. The van der Waals surface area contributed by atoms with E-state index in [0.717, 1.165) is 25.5 Å². The smallest absolute Gasteiger partial charge is 0.341 e. The molecule has 1 unspecified atom stereocenters. The predicted octanol–water partition coefficient (Wildman–Crippen LogP) is 1.71. The number of aromatic carboxylic acids is 1. The molecule has 3 heterocycles. The molecule has 2 fully saturated rings. The SMILES string of the molecule is CC1CN(c2nc3c(cc2F)c(=O)c(C(=O)O)cn3C2CC2)CCN1C. The van der Waals surface area contributed by atoms with E-state index in [2.05, 4.69) is 16.8 Å². The van der Waals surface area contributed by atoms with Gasteiger partial charge in [-0.1, -0.05) is 0 Å². The minimum atomic E-state index is -1.30. The predicted molar refractivity (Wildman–Crippen MR) is 95.5 cm³/mol. The van der Waals surface area contributed by atoms with Gasteiger partial charge < -0.3 is 19.5 Å². The number of likely N-dealkylation sites (N-methyl/N-ethyl adjacent to an activating group) is 1. The van der Waals surface area contributed by atoms with Gasteiger partial charge in [-0.3, -0.25) is 4.79 Å². The zero-order chi connectivity index (χ0) is 18.6. The molecular weight excluding hydrogens is 339 g/mol. The molecular formula is C18H21FN4O3. The standard InChI is InChI=1S/C18H21FN4O3/c1-10-8-22(6-5-21(10)2)17-14(19)7-12-15(24)13(18(25)26)9-23(11-3-4-11)16(12)20-17/h7,9-11H,3-6,8H2,1-2H3,(H,25,26). The van der Waals surface area contributed by atoms with Crippen LogP contribution >= 0.6 is 0 Å². The highest BCUT2D eigenvalue weighted by molar-refractivity contribution is 5.92. The van der Waals surface area contributed by atoms with Gasteiger partial charge in [0.05, 0.1) is 5.39 Å². The molecule has 8 heteroatoms. The zero-order valence-corrected chi connectivity index (χ0v) is 14.8. The van der Waals surface area contributed by atoms with Crippen molar-refractivity contribution in [1.82, 2.24) is 14.5 Å². The van der Waals surface area contributed by atoms with Gasteiger partial charge in [0.15, 0.2) is 11.6 Å². The van der Waals surface area contributed by atoms with Crippen molar-refractivity contribution in [3.8, 4) is 0 Å². The van der Waals surface area contributed by atoms with Gasteiger partial charge >= 0.3 is 5.97 Å². The van der Waals surface area contributed by atoms with Crippen molar-refractivity contribution in [2.24, 2.45) is 0 Å². The molecule has 1 saturated carbocycles. The Hall–Kier alpha value is -2.48. The molecule has 1 saturated heterocycles. The molecule has 2 aromatic heterocycles. The molecule has 1 aliphatic heterocycles. The van der Waals surface area contributed by atoms with E-state index in [4.69, 9.17) is 0 Å². The van der Waals surface area contributed by atoms with Crippen LogP contribution in [0, 0.1) is 5.82 Å². The Kier molecular flexibility index (Phi) is 3.95. The van der Waals surface area contributed by atoms with E-state index in [0.29, 0.717) is 18.7 Å². The molecule has 0 spiro atoms. The monoisotopic (exact) mass is 360 g/mol. The summed E-state index contributed by atoms with van der Waals surface area (Å²) < 4.78 is 16.5. The highest BCUT2D eigenvalue weighted by Gasteiger charge is 2.30. The Morgan fingerprint density at radius 2 is 2.08 bits per heavy atom. The molecule has 0 amide bonds. The van der Waals surface area contributed by atoms with E-state index >= 15 is 0 Å². The normalized spacial score (nSPS) is 21.3.